The van der Waals surface area contributed by atoms with Crippen LogP contribution >= 0.6 is 23.2 Å². The Labute approximate surface area is 145 Å². The Morgan fingerprint density at radius 3 is 2.26 bits per heavy atom. The van der Waals surface area contributed by atoms with Crippen molar-refractivity contribution in [2.45, 2.75) is 18.2 Å². The zero-order valence-corrected chi connectivity index (χ0v) is 14.9. The topological polar surface area (TPSA) is 63.2 Å². The van der Waals surface area contributed by atoms with Crippen molar-refractivity contribution in [3.63, 3.8) is 0 Å². The molecule has 2 aromatic carbocycles. The summed E-state index contributed by atoms with van der Waals surface area (Å²) in [4.78, 5) is 11.6. The predicted molar refractivity (Wildman–Crippen MR) is 93.8 cm³/mol. The molecular weight excluding hydrogens is 357 g/mol. The number of rotatable bonds is 5. The summed E-state index contributed by atoms with van der Waals surface area (Å²) in [7, 11) is -3.54. The van der Waals surface area contributed by atoms with E-state index in [-0.39, 0.29) is 10.5 Å². The van der Waals surface area contributed by atoms with Crippen molar-refractivity contribution in [1.82, 2.24) is 0 Å². The molecular formula is C16H15Cl2NO3S. The maximum atomic E-state index is 12.1. The quantitative estimate of drug-likeness (QED) is 0.789. The maximum Gasteiger partial charge on any atom is 0.252 e. The van der Waals surface area contributed by atoms with E-state index in [0.29, 0.717) is 28.4 Å². The molecule has 122 valence electrons. The number of carbonyl (C=O) groups is 1. The van der Waals surface area contributed by atoms with E-state index in [2.05, 4.69) is 5.32 Å². The van der Waals surface area contributed by atoms with Crippen molar-refractivity contribution >= 4 is 49.7 Å². The van der Waals surface area contributed by atoms with Gasteiger partial charge in [0.25, 0.3) is 5.24 Å². The molecule has 0 aliphatic carbocycles. The molecule has 0 saturated heterocycles. The summed E-state index contributed by atoms with van der Waals surface area (Å²) in [6, 6.07) is 9.83. The molecule has 0 fully saturated rings. The van der Waals surface area contributed by atoms with Gasteiger partial charge in [-0.05, 0) is 60.0 Å². The number of aryl methyl sites for hydroxylation is 1. The fourth-order valence-corrected chi connectivity index (χ4v) is 3.34. The maximum absolute atomic E-state index is 12.1. The van der Waals surface area contributed by atoms with Gasteiger partial charge in [0.2, 0.25) is 0 Å². The molecule has 0 heterocycles. The molecule has 7 heteroatoms. The van der Waals surface area contributed by atoms with E-state index < -0.39 is 15.1 Å². The van der Waals surface area contributed by atoms with Crippen molar-refractivity contribution in [3.05, 3.63) is 52.5 Å². The van der Waals surface area contributed by atoms with Crippen molar-refractivity contribution in [2.75, 3.05) is 11.6 Å². The second-order valence-electron chi connectivity index (χ2n) is 5.04. The summed E-state index contributed by atoms with van der Waals surface area (Å²) in [6.07, 6.45) is 1.64. The minimum absolute atomic E-state index is 0.0219. The lowest BCUT2D eigenvalue weighted by Crippen LogP contribution is -2.07. The van der Waals surface area contributed by atoms with Crippen molar-refractivity contribution in [3.8, 4) is 0 Å². The van der Waals surface area contributed by atoms with Gasteiger partial charge >= 0.3 is 0 Å². The number of hydrogen-bond acceptors (Lipinski definition) is 4. The number of halogens is 2. The molecule has 0 amide bonds. The first kappa shape index (κ1) is 17.8. The average molecular weight is 372 g/mol. The van der Waals surface area contributed by atoms with Crippen LogP contribution in [0.2, 0.25) is 5.02 Å². The van der Waals surface area contributed by atoms with E-state index in [9.17, 15) is 13.2 Å². The first-order chi connectivity index (χ1) is 10.7. The van der Waals surface area contributed by atoms with E-state index in [4.69, 9.17) is 23.2 Å². The fraction of sp³-hybridized carbons (Fsp3) is 0.188. The number of sulfone groups is 1. The van der Waals surface area contributed by atoms with Crippen LogP contribution in [0.4, 0.5) is 11.4 Å². The summed E-state index contributed by atoms with van der Waals surface area (Å²) in [5.41, 5.74) is 1.96. The SMILES string of the molecule is CCc1cc(Nc2ccc(Cl)cc2)c(S(C)(=O)=O)cc1C(=O)Cl. The second kappa shape index (κ2) is 6.91. The minimum Gasteiger partial charge on any atom is -0.354 e. The molecule has 0 radical (unpaired) electrons. The lowest BCUT2D eigenvalue weighted by atomic mass is 10.0. The van der Waals surface area contributed by atoms with Gasteiger partial charge in [0.15, 0.2) is 9.84 Å². The van der Waals surface area contributed by atoms with Crippen molar-refractivity contribution in [2.24, 2.45) is 0 Å². The molecule has 0 aliphatic heterocycles. The monoisotopic (exact) mass is 371 g/mol. The van der Waals surface area contributed by atoms with Gasteiger partial charge in [-0.2, -0.15) is 0 Å². The Hall–Kier alpha value is -1.56. The highest BCUT2D eigenvalue weighted by molar-refractivity contribution is 7.90. The van der Waals surface area contributed by atoms with Gasteiger partial charge in [-0.25, -0.2) is 8.42 Å². The fourth-order valence-electron chi connectivity index (χ4n) is 2.19. The van der Waals surface area contributed by atoms with Crippen LogP contribution in [0.1, 0.15) is 22.8 Å². The van der Waals surface area contributed by atoms with Crippen LogP contribution in [0.5, 0.6) is 0 Å². The normalized spacial score (nSPS) is 11.3. The van der Waals surface area contributed by atoms with Gasteiger partial charge in [0, 0.05) is 22.5 Å². The highest BCUT2D eigenvalue weighted by Gasteiger charge is 2.19. The van der Waals surface area contributed by atoms with E-state index in [1.54, 1.807) is 30.3 Å². The van der Waals surface area contributed by atoms with Crippen LogP contribution in [0.15, 0.2) is 41.3 Å². The van der Waals surface area contributed by atoms with Crippen LogP contribution in [0, 0.1) is 0 Å². The van der Waals surface area contributed by atoms with Gasteiger partial charge in [0.05, 0.1) is 10.6 Å². The molecule has 2 aromatic rings. The number of carbonyl (C=O) groups excluding carboxylic acids is 1. The summed E-state index contributed by atoms with van der Waals surface area (Å²) in [6.45, 7) is 1.87. The highest BCUT2D eigenvalue weighted by Crippen LogP contribution is 2.30. The minimum atomic E-state index is -3.54. The molecule has 0 aliphatic rings. The molecule has 4 nitrogen and oxygen atoms in total. The summed E-state index contributed by atoms with van der Waals surface area (Å²) in [5, 5.41) is 2.96. The smallest absolute Gasteiger partial charge is 0.252 e. The number of anilines is 2. The Bertz CT molecular complexity index is 846. The third kappa shape index (κ3) is 4.25. The molecule has 0 spiro atoms. The zero-order valence-electron chi connectivity index (χ0n) is 12.6. The molecule has 0 atom stereocenters. The molecule has 0 unspecified atom stereocenters. The molecule has 0 aromatic heterocycles. The molecule has 1 N–H and O–H groups in total. The number of hydrogen-bond donors (Lipinski definition) is 1. The second-order valence-corrected chi connectivity index (χ2v) is 7.80. The summed E-state index contributed by atoms with van der Waals surface area (Å²) >= 11 is 11.4. The molecule has 0 bridgehead atoms. The summed E-state index contributed by atoms with van der Waals surface area (Å²) < 4.78 is 24.1. The van der Waals surface area contributed by atoms with Crippen LogP contribution in [0.25, 0.3) is 0 Å². The number of nitrogens with one attached hydrogen (secondary N) is 1. The van der Waals surface area contributed by atoms with E-state index in [1.807, 2.05) is 6.92 Å². The van der Waals surface area contributed by atoms with E-state index in [0.717, 1.165) is 6.26 Å². The first-order valence-electron chi connectivity index (χ1n) is 6.81. The Kier molecular flexibility index (Phi) is 5.34. The highest BCUT2D eigenvalue weighted by atomic mass is 35.5. The summed E-state index contributed by atoms with van der Waals surface area (Å²) in [5.74, 6) is 0. The van der Waals surface area contributed by atoms with Gasteiger partial charge < -0.3 is 5.32 Å². The predicted octanol–water partition coefficient (Wildman–Crippen LogP) is 4.43. The molecule has 0 saturated carbocycles. The van der Waals surface area contributed by atoms with Crippen LogP contribution in [0.3, 0.4) is 0 Å². The first-order valence-corrected chi connectivity index (χ1v) is 9.46. The Balaban J connectivity index is 2.60. The van der Waals surface area contributed by atoms with Gasteiger partial charge in [-0.3, -0.25) is 4.79 Å². The lowest BCUT2D eigenvalue weighted by Gasteiger charge is -2.15. The van der Waals surface area contributed by atoms with Crippen LogP contribution in [-0.4, -0.2) is 19.9 Å². The number of benzene rings is 2. The van der Waals surface area contributed by atoms with Crippen molar-refractivity contribution < 1.29 is 13.2 Å². The van der Waals surface area contributed by atoms with Gasteiger partial charge in [0.1, 0.15) is 0 Å². The van der Waals surface area contributed by atoms with E-state index >= 15 is 0 Å². The average Bonchev–Trinajstić information content (AvgIpc) is 2.47. The largest absolute Gasteiger partial charge is 0.354 e. The third-order valence-corrected chi connectivity index (χ3v) is 4.91. The Morgan fingerprint density at radius 1 is 1.17 bits per heavy atom. The molecule has 23 heavy (non-hydrogen) atoms. The van der Waals surface area contributed by atoms with Crippen LogP contribution in [-0.2, 0) is 16.3 Å². The van der Waals surface area contributed by atoms with E-state index in [1.165, 1.54) is 6.07 Å². The standard InChI is InChI=1S/C16H15Cl2NO3S/c1-3-10-8-14(19-12-6-4-11(17)5-7-12)15(23(2,21)22)9-13(10)16(18)20/h4-9,19H,3H2,1-2H3. The third-order valence-electron chi connectivity index (χ3n) is 3.32. The van der Waals surface area contributed by atoms with Crippen LogP contribution < -0.4 is 5.32 Å². The molecule has 2 rings (SSSR count). The lowest BCUT2D eigenvalue weighted by molar-refractivity contribution is 0.108. The van der Waals surface area contributed by atoms with Gasteiger partial charge in [-0.1, -0.05) is 18.5 Å². The van der Waals surface area contributed by atoms with Gasteiger partial charge in [-0.15, -0.1) is 0 Å². The Morgan fingerprint density at radius 2 is 1.78 bits per heavy atom. The van der Waals surface area contributed by atoms with Crippen molar-refractivity contribution in [1.29, 1.82) is 0 Å². The zero-order chi connectivity index (χ0) is 17.2.